The molecule has 2 rings (SSSR count). The molecule has 0 amide bonds. The Morgan fingerprint density at radius 1 is 1.21 bits per heavy atom. The van der Waals surface area contributed by atoms with E-state index in [4.69, 9.17) is 5.11 Å². The zero-order valence-electron chi connectivity index (χ0n) is 8.91. The highest BCUT2D eigenvalue weighted by Gasteiger charge is 2.30. The van der Waals surface area contributed by atoms with Crippen molar-refractivity contribution in [2.75, 3.05) is 26.2 Å². The van der Waals surface area contributed by atoms with Gasteiger partial charge in [-0.3, -0.25) is 4.90 Å². The lowest BCUT2D eigenvalue weighted by atomic mass is 10.0. The molecule has 1 aliphatic heterocycles. The highest BCUT2D eigenvalue weighted by Crippen LogP contribution is 2.27. The highest BCUT2D eigenvalue weighted by atomic mass is 16.3. The van der Waals surface area contributed by atoms with E-state index in [2.05, 4.69) is 10.2 Å². The first-order valence-electron chi connectivity index (χ1n) is 5.98. The molecule has 82 valence electrons. The summed E-state index contributed by atoms with van der Waals surface area (Å²) < 4.78 is 0. The third-order valence-corrected chi connectivity index (χ3v) is 3.32. The molecule has 1 saturated carbocycles. The minimum atomic E-state index is 0.309. The lowest BCUT2D eigenvalue weighted by molar-refractivity contribution is 0.167. The zero-order chi connectivity index (χ0) is 9.80. The number of nitrogens with zero attached hydrogens (tertiary/aromatic N) is 1. The van der Waals surface area contributed by atoms with E-state index in [9.17, 15) is 0 Å². The molecule has 0 spiro atoms. The maximum absolute atomic E-state index is 8.98. The predicted molar refractivity (Wildman–Crippen MR) is 57.3 cm³/mol. The maximum atomic E-state index is 8.98. The Balaban J connectivity index is 1.73. The first-order valence-corrected chi connectivity index (χ1v) is 5.98. The van der Waals surface area contributed by atoms with Crippen LogP contribution in [-0.2, 0) is 0 Å². The van der Waals surface area contributed by atoms with Gasteiger partial charge in [-0.15, -0.1) is 0 Å². The summed E-state index contributed by atoms with van der Waals surface area (Å²) in [6.07, 6.45) is 6.70. The summed E-state index contributed by atoms with van der Waals surface area (Å²) in [5, 5.41) is 12.5. The topological polar surface area (TPSA) is 35.5 Å². The molecule has 0 aromatic heterocycles. The van der Waals surface area contributed by atoms with Crippen LogP contribution >= 0.6 is 0 Å². The summed E-state index contributed by atoms with van der Waals surface area (Å²) in [5.74, 6) is 0. The van der Waals surface area contributed by atoms with Crippen LogP contribution in [-0.4, -0.2) is 48.3 Å². The van der Waals surface area contributed by atoms with Crippen molar-refractivity contribution >= 4 is 0 Å². The summed E-state index contributed by atoms with van der Waals surface area (Å²) in [7, 11) is 0. The van der Waals surface area contributed by atoms with Gasteiger partial charge in [-0.05, 0) is 32.2 Å². The molecular formula is C11H22N2O. The summed E-state index contributed by atoms with van der Waals surface area (Å²) in [6, 6.07) is 1.46. The van der Waals surface area contributed by atoms with E-state index in [-0.39, 0.29) is 0 Å². The minimum Gasteiger partial charge on any atom is -0.395 e. The predicted octanol–water partition coefficient (Wildman–Crippen LogP) is 0.585. The van der Waals surface area contributed by atoms with Crippen molar-refractivity contribution in [1.82, 2.24) is 10.2 Å². The van der Waals surface area contributed by atoms with Gasteiger partial charge in [0.1, 0.15) is 0 Å². The molecule has 2 aliphatic rings. The first kappa shape index (κ1) is 10.4. The molecule has 1 unspecified atom stereocenters. The van der Waals surface area contributed by atoms with E-state index < -0.39 is 0 Å². The number of hydrogen-bond donors (Lipinski definition) is 2. The molecule has 0 aromatic carbocycles. The van der Waals surface area contributed by atoms with Crippen molar-refractivity contribution in [1.29, 1.82) is 0 Å². The van der Waals surface area contributed by atoms with E-state index in [1.54, 1.807) is 0 Å². The Morgan fingerprint density at radius 3 is 2.64 bits per heavy atom. The van der Waals surface area contributed by atoms with Crippen molar-refractivity contribution in [3.8, 4) is 0 Å². The number of aliphatic hydroxyl groups is 1. The quantitative estimate of drug-likeness (QED) is 0.678. The Kier molecular flexibility index (Phi) is 3.79. The SMILES string of the molecule is OCCN(CC1CCCCN1)C1CC1. The van der Waals surface area contributed by atoms with E-state index in [1.807, 2.05) is 0 Å². The lowest BCUT2D eigenvalue weighted by Gasteiger charge is -2.30. The third kappa shape index (κ3) is 2.94. The molecule has 1 aliphatic carbocycles. The van der Waals surface area contributed by atoms with Crippen LogP contribution in [0.3, 0.4) is 0 Å². The average molecular weight is 198 g/mol. The number of hydrogen-bond acceptors (Lipinski definition) is 3. The first-order chi connectivity index (χ1) is 6.90. The Hall–Kier alpha value is -0.120. The third-order valence-electron chi connectivity index (χ3n) is 3.32. The molecule has 2 N–H and O–H groups in total. The number of nitrogens with one attached hydrogen (secondary N) is 1. The van der Waals surface area contributed by atoms with Crippen LogP contribution in [0.15, 0.2) is 0 Å². The summed E-state index contributed by atoms with van der Waals surface area (Å²) in [6.45, 7) is 3.50. The fourth-order valence-electron chi connectivity index (χ4n) is 2.35. The Bertz CT molecular complexity index is 165. The van der Waals surface area contributed by atoms with Gasteiger partial charge >= 0.3 is 0 Å². The molecule has 0 aromatic rings. The van der Waals surface area contributed by atoms with Gasteiger partial charge in [0.05, 0.1) is 6.61 Å². The Labute approximate surface area is 86.5 Å². The van der Waals surface area contributed by atoms with Crippen LogP contribution in [0.2, 0.25) is 0 Å². The number of rotatable bonds is 5. The molecule has 1 heterocycles. The maximum Gasteiger partial charge on any atom is 0.0558 e. The van der Waals surface area contributed by atoms with Gasteiger partial charge in [-0.25, -0.2) is 0 Å². The smallest absolute Gasteiger partial charge is 0.0558 e. The van der Waals surface area contributed by atoms with Crippen LogP contribution in [0.5, 0.6) is 0 Å². The van der Waals surface area contributed by atoms with Gasteiger partial charge in [0.15, 0.2) is 0 Å². The van der Waals surface area contributed by atoms with Crippen LogP contribution in [0.4, 0.5) is 0 Å². The monoisotopic (exact) mass is 198 g/mol. The van der Waals surface area contributed by atoms with E-state index in [0.29, 0.717) is 12.6 Å². The van der Waals surface area contributed by atoms with Gasteiger partial charge in [0.25, 0.3) is 0 Å². The minimum absolute atomic E-state index is 0.309. The molecule has 1 saturated heterocycles. The normalized spacial score (nSPS) is 28.3. The molecule has 0 bridgehead atoms. The van der Waals surface area contributed by atoms with Crippen molar-refractivity contribution in [3.63, 3.8) is 0 Å². The standard InChI is InChI=1S/C11H22N2O/c14-8-7-13(11-4-5-11)9-10-3-1-2-6-12-10/h10-12,14H,1-9H2. The fraction of sp³-hybridized carbons (Fsp3) is 1.00. The molecular weight excluding hydrogens is 176 g/mol. The zero-order valence-corrected chi connectivity index (χ0v) is 8.91. The van der Waals surface area contributed by atoms with Gasteiger partial charge < -0.3 is 10.4 Å². The van der Waals surface area contributed by atoms with Crippen LogP contribution in [0.1, 0.15) is 32.1 Å². The lowest BCUT2D eigenvalue weighted by Crippen LogP contribution is -2.45. The van der Waals surface area contributed by atoms with Crippen LogP contribution < -0.4 is 5.32 Å². The highest BCUT2D eigenvalue weighted by molar-refractivity contribution is 4.87. The second-order valence-electron chi connectivity index (χ2n) is 4.60. The van der Waals surface area contributed by atoms with Crippen LogP contribution in [0, 0.1) is 0 Å². The average Bonchev–Trinajstić information content (AvgIpc) is 3.02. The van der Waals surface area contributed by atoms with Crippen molar-refractivity contribution in [2.45, 2.75) is 44.2 Å². The summed E-state index contributed by atoms with van der Waals surface area (Å²) in [4.78, 5) is 2.46. The van der Waals surface area contributed by atoms with Gasteiger partial charge in [0, 0.05) is 25.2 Å². The van der Waals surface area contributed by atoms with Gasteiger partial charge in [-0.1, -0.05) is 6.42 Å². The number of aliphatic hydroxyl groups excluding tert-OH is 1. The molecule has 14 heavy (non-hydrogen) atoms. The van der Waals surface area contributed by atoms with E-state index in [1.165, 1.54) is 38.6 Å². The molecule has 2 fully saturated rings. The second kappa shape index (κ2) is 5.10. The molecule has 0 radical (unpaired) electrons. The van der Waals surface area contributed by atoms with Gasteiger partial charge in [-0.2, -0.15) is 0 Å². The van der Waals surface area contributed by atoms with Crippen molar-refractivity contribution in [2.24, 2.45) is 0 Å². The molecule has 1 atom stereocenters. The second-order valence-corrected chi connectivity index (χ2v) is 4.60. The summed E-state index contributed by atoms with van der Waals surface area (Å²) in [5.41, 5.74) is 0. The largest absolute Gasteiger partial charge is 0.395 e. The van der Waals surface area contributed by atoms with Crippen LogP contribution in [0.25, 0.3) is 0 Å². The van der Waals surface area contributed by atoms with E-state index >= 15 is 0 Å². The van der Waals surface area contributed by atoms with Gasteiger partial charge in [0.2, 0.25) is 0 Å². The molecule has 3 nitrogen and oxygen atoms in total. The summed E-state index contributed by atoms with van der Waals surface area (Å²) >= 11 is 0. The molecule has 3 heteroatoms. The van der Waals surface area contributed by atoms with Crippen molar-refractivity contribution in [3.05, 3.63) is 0 Å². The van der Waals surface area contributed by atoms with E-state index in [0.717, 1.165) is 19.1 Å². The van der Waals surface area contributed by atoms with Crippen molar-refractivity contribution < 1.29 is 5.11 Å². The fourth-order valence-corrected chi connectivity index (χ4v) is 2.35. The number of piperidine rings is 1. The Morgan fingerprint density at radius 2 is 2.07 bits per heavy atom.